The number of furan rings is 1. The molecule has 0 spiro atoms. The van der Waals surface area contributed by atoms with E-state index in [2.05, 4.69) is 10.3 Å². The topological polar surface area (TPSA) is 139 Å². The zero-order valence-corrected chi connectivity index (χ0v) is 21.1. The van der Waals surface area contributed by atoms with Crippen LogP contribution in [0.4, 0.5) is 4.79 Å². The molecule has 11 nitrogen and oxygen atoms in total. The number of carbonyl (C=O) groups excluding carboxylic acids is 3. The molecule has 37 heavy (non-hydrogen) atoms. The molecule has 1 saturated carbocycles. The highest BCUT2D eigenvalue weighted by atomic mass is 32.2. The van der Waals surface area contributed by atoms with E-state index in [1.807, 2.05) is 0 Å². The van der Waals surface area contributed by atoms with Crippen LogP contribution in [0.2, 0.25) is 0 Å². The second-order valence-electron chi connectivity index (χ2n) is 9.82. The Bertz CT molecular complexity index is 1230. The van der Waals surface area contributed by atoms with Crippen molar-refractivity contribution >= 4 is 27.8 Å². The fourth-order valence-corrected chi connectivity index (χ4v) is 7.33. The minimum atomic E-state index is -3.95. The van der Waals surface area contributed by atoms with Gasteiger partial charge in [0.25, 0.3) is 0 Å². The number of amides is 2. The second-order valence-corrected chi connectivity index (χ2v) is 11.7. The number of carbonyl (C=O) groups is 3. The van der Waals surface area contributed by atoms with Crippen LogP contribution >= 0.6 is 0 Å². The predicted molar refractivity (Wildman–Crippen MR) is 130 cm³/mol. The van der Waals surface area contributed by atoms with Gasteiger partial charge in [0, 0.05) is 25.0 Å². The van der Waals surface area contributed by atoms with Crippen LogP contribution in [-0.2, 0) is 19.6 Å². The number of likely N-dealkylation sites (tertiary alicyclic amines) is 1. The van der Waals surface area contributed by atoms with Crippen LogP contribution in [0.5, 0.6) is 5.75 Å². The fraction of sp³-hybridized carbons (Fsp3) is 0.520. The third-order valence-electron chi connectivity index (χ3n) is 7.49. The lowest BCUT2D eigenvalue weighted by molar-refractivity contribution is -0.138. The summed E-state index contributed by atoms with van der Waals surface area (Å²) in [5.74, 6) is -0.251. The SMILES string of the molecule is O=C(NC(CC1CCCCC1)C(=O)N1CCC2C1C(=O)CN2S(=O)(=O)c1cccnc1)Oc1ccoc1. The molecule has 2 aromatic heterocycles. The highest BCUT2D eigenvalue weighted by Crippen LogP contribution is 2.35. The van der Waals surface area contributed by atoms with E-state index >= 15 is 0 Å². The first kappa shape index (κ1) is 25.4. The van der Waals surface area contributed by atoms with Crippen LogP contribution in [0.25, 0.3) is 0 Å². The van der Waals surface area contributed by atoms with Crippen molar-refractivity contribution in [1.29, 1.82) is 0 Å². The van der Waals surface area contributed by atoms with Crippen molar-refractivity contribution in [3.63, 3.8) is 0 Å². The third kappa shape index (κ3) is 5.26. The Morgan fingerprint density at radius 3 is 2.70 bits per heavy atom. The molecule has 5 rings (SSSR count). The van der Waals surface area contributed by atoms with E-state index in [0.717, 1.165) is 32.1 Å². The van der Waals surface area contributed by atoms with Crippen molar-refractivity contribution < 1.29 is 32.0 Å². The molecule has 3 atom stereocenters. The van der Waals surface area contributed by atoms with Gasteiger partial charge in [0.1, 0.15) is 23.2 Å². The summed E-state index contributed by atoms with van der Waals surface area (Å²) in [5.41, 5.74) is 0. The number of nitrogens with zero attached hydrogens (tertiary/aromatic N) is 3. The number of ketones is 1. The number of rotatable bonds is 7. The summed E-state index contributed by atoms with van der Waals surface area (Å²) in [6.45, 7) is -0.0851. The first-order valence-corrected chi connectivity index (χ1v) is 14.0. The van der Waals surface area contributed by atoms with Crippen LogP contribution in [0.15, 0.2) is 52.4 Å². The van der Waals surface area contributed by atoms with Crippen molar-refractivity contribution in [3.05, 3.63) is 43.1 Å². The summed E-state index contributed by atoms with van der Waals surface area (Å²) in [5, 5.41) is 2.70. The fourth-order valence-electron chi connectivity index (χ4n) is 5.74. The average Bonchev–Trinajstić information content (AvgIpc) is 3.64. The molecule has 4 heterocycles. The highest BCUT2D eigenvalue weighted by Gasteiger charge is 2.54. The Morgan fingerprint density at radius 2 is 2.00 bits per heavy atom. The maximum Gasteiger partial charge on any atom is 0.413 e. The van der Waals surface area contributed by atoms with Crippen molar-refractivity contribution in [2.45, 2.75) is 68.0 Å². The predicted octanol–water partition coefficient (Wildman–Crippen LogP) is 2.35. The number of ether oxygens (including phenoxy) is 1. The quantitative estimate of drug-likeness (QED) is 0.576. The van der Waals surface area contributed by atoms with Crippen LogP contribution in [0, 0.1) is 5.92 Å². The van der Waals surface area contributed by atoms with Gasteiger partial charge in [0.2, 0.25) is 15.9 Å². The molecule has 2 saturated heterocycles. The van der Waals surface area contributed by atoms with Crippen LogP contribution in [0.3, 0.4) is 0 Å². The van der Waals surface area contributed by atoms with Crippen molar-refractivity contribution in [3.8, 4) is 5.75 Å². The van der Waals surface area contributed by atoms with E-state index in [0.29, 0.717) is 12.8 Å². The molecule has 2 amide bonds. The van der Waals surface area contributed by atoms with Crippen molar-refractivity contribution in [1.82, 2.24) is 19.5 Å². The molecule has 3 unspecified atom stereocenters. The van der Waals surface area contributed by atoms with E-state index in [4.69, 9.17) is 9.15 Å². The standard InChI is InChI=1S/C25H30N4O7S/c30-22-15-29(37(33,34)19-7-4-10-26-14-19)21-8-11-28(23(21)22)24(31)20(13-17-5-2-1-3-6-17)27-25(32)36-18-9-12-35-16-18/h4,7,9-10,12,14,16-17,20-21,23H,1-3,5-6,8,11,13,15H2,(H,27,32). The zero-order valence-electron chi connectivity index (χ0n) is 20.3. The maximum atomic E-state index is 13.8. The number of aromatic nitrogens is 1. The number of pyridine rings is 1. The first-order valence-electron chi connectivity index (χ1n) is 12.6. The average molecular weight is 531 g/mol. The summed E-state index contributed by atoms with van der Waals surface area (Å²) in [6, 6.07) is 2.01. The van der Waals surface area contributed by atoms with Gasteiger partial charge in [0.05, 0.1) is 18.8 Å². The smallest absolute Gasteiger partial charge is 0.413 e. The number of hydrogen-bond acceptors (Lipinski definition) is 8. The summed E-state index contributed by atoms with van der Waals surface area (Å²) in [6.07, 6.45) is 10.6. The number of hydrogen-bond donors (Lipinski definition) is 1. The van der Waals surface area contributed by atoms with Gasteiger partial charge in [-0.2, -0.15) is 4.31 Å². The van der Waals surface area contributed by atoms with Gasteiger partial charge in [-0.15, -0.1) is 0 Å². The maximum absolute atomic E-state index is 13.8. The van der Waals surface area contributed by atoms with Crippen LogP contribution in [0.1, 0.15) is 44.9 Å². The third-order valence-corrected chi connectivity index (χ3v) is 9.35. The van der Waals surface area contributed by atoms with E-state index < -0.39 is 40.1 Å². The highest BCUT2D eigenvalue weighted by molar-refractivity contribution is 7.89. The Balaban J connectivity index is 1.34. The van der Waals surface area contributed by atoms with E-state index in [9.17, 15) is 22.8 Å². The van der Waals surface area contributed by atoms with E-state index in [1.165, 1.54) is 52.3 Å². The van der Waals surface area contributed by atoms with Gasteiger partial charge >= 0.3 is 6.09 Å². The van der Waals surface area contributed by atoms with E-state index in [1.54, 1.807) is 0 Å². The van der Waals surface area contributed by atoms with Crippen LogP contribution in [-0.4, -0.2) is 71.6 Å². The van der Waals surface area contributed by atoms with Crippen molar-refractivity contribution in [2.75, 3.05) is 13.1 Å². The molecule has 1 N–H and O–H groups in total. The Labute approximate surface area is 215 Å². The summed E-state index contributed by atoms with van der Waals surface area (Å²) < 4.78 is 37.8. The summed E-state index contributed by atoms with van der Waals surface area (Å²) in [4.78, 5) is 44.8. The molecule has 0 aromatic carbocycles. The molecule has 3 fully saturated rings. The lowest BCUT2D eigenvalue weighted by Gasteiger charge is -2.31. The second kappa shape index (κ2) is 10.6. The molecule has 1 aliphatic carbocycles. The Hall–Kier alpha value is -3.25. The minimum absolute atomic E-state index is 0.00654. The van der Waals surface area contributed by atoms with E-state index in [-0.39, 0.29) is 35.4 Å². The van der Waals surface area contributed by atoms with Gasteiger partial charge < -0.3 is 19.4 Å². The molecular formula is C25H30N4O7S. The number of sulfonamides is 1. The van der Waals surface area contributed by atoms with Gasteiger partial charge in [-0.25, -0.2) is 13.2 Å². The van der Waals surface area contributed by atoms with Gasteiger partial charge in [0.15, 0.2) is 11.5 Å². The monoisotopic (exact) mass is 530 g/mol. The van der Waals surface area contributed by atoms with Crippen LogP contribution < -0.4 is 10.1 Å². The Morgan fingerprint density at radius 1 is 1.19 bits per heavy atom. The van der Waals surface area contributed by atoms with Gasteiger partial charge in [-0.05, 0) is 30.9 Å². The summed E-state index contributed by atoms with van der Waals surface area (Å²) >= 11 is 0. The van der Waals surface area contributed by atoms with Crippen molar-refractivity contribution in [2.24, 2.45) is 5.92 Å². The number of fused-ring (bicyclic) bond motifs is 1. The molecule has 2 aliphatic heterocycles. The first-order chi connectivity index (χ1) is 17.8. The Kier molecular flexibility index (Phi) is 7.29. The molecule has 198 valence electrons. The van der Waals surface area contributed by atoms with Gasteiger partial charge in [-0.3, -0.25) is 14.6 Å². The normalized spacial score (nSPS) is 23.6. The molecule has 3 aliphatic rings. The molecule has 0 radical (unpaired) electrons. The lowest BCUT2D eigenvalue weighted by atomic mass is 9.84. The zero-order chi connectivity index (χ0) is 26.0. The lowest BCUT2D eigenvalue weighted by Crippen LogP contribution is -2.53. The van der Waals surface area contributed by atoms with Gasteiger partial charge in [-0.1, -0.05) is 32.1 Å². The summed E-state index contributed by atoms with van der Waals surface area (Å²) in [7, 11) is -3.95. The molecule has 12 heteroatoms. The molecule has 0 bridgehead atoms. The number of Topliss-reactive ketones (excluding diaryl/α,β-unsaturated/α-hetero) is 1. The molecule has 2 aromatic rings. The minimum Gasteiger partial charge on any atom is -0.469 e. The molecular weight excluding hydrogens is 500 g/mol. The largest absolute Gasteiger partial charge is 0.469 e. The number of nitrogens with one attached hydrogen (secondary N) is 1.